The van der Waals surface area contributed by atoms with Crippen molar-refractivity contribution in [3.05, 3.63) is 54.9 Å². The summed E-state index contributed by atoms with van der Waals surface area (Å²) in [6.07, 6.45) is 3.54. The van der Waals surface area contributed by atoms with Crippen LogP contribution in [0.15, 0.2) is 54.9 Å². The molecule has 0 radical (unpaired) electrons. The molecule has 0 fully saturated rings. The summed E-state index contributed by atoms with van der Waals surface area (Å²) in [5, 5.41) is 3.81. The van der Waals surface area contributed by atoms with E-state index in [1.54, 1.807) is 19.4 Å². The van der Waals surface area contributed by atoms with Gasteiger partial charge >= 0.3 is 0 Å². The number of carbonyl (C=O) groups excluding carboxylic acids is 1. The molecule has 0 unspecified atom stereocenters. The number of amides is 1. The van der Waals surface area contributed by atoms with Crippen LogP contribution < -0.4 is 10.1 Å². The normalized spacial score (nSPS) is 10.5. The first-order valence-electron chi connectivity index (χ1n) is 6.60. The number of benzene rings is 1. The lowest BCUT2D eigenvalue weighted by Gasteiger charge is -2.07. The molecular formula is C16H15N3O2. The molecule has 0 aliphatic rings. The molecule has 1 amide bonds. The molecule has 0 spiro atoms. The first-order chi connectivity index (χ1) is 10.3. The topological polar surface area (TPSA) is 56.1 Å². The van der Waals surface area contributed by atoms with Crippen LogP contribution >= 0.6 is 0 Å². The molecule has 2 aromatic heterocycles. The van der Waals surface area contributed by atoms with Gasteiger partial charge in [-0.2, -0.15) is 0 Å². The zero-order valence-corrected chi connectivity index (χ0v) is 11.6. The summed E-state index contributed by atoms with van der Waals surface area (Å²) in [4.78, 5) is 16.1. The number of carbonyl (C=O) groups is 1. The highest BCUT2D eigenvalue weighted by Gasteiger charge is 2.07. The van der Waals surface area contributed by atoms with Crippen molar-refractivity contribution in [3.63, 3.8) is 0 Å². The zero-order chi connectivity index (χ0) is 14.7. The fraction of sp³-hybridized carbons (Fsp3) is 0.125. The summed E-state index contributed by atoms with van der Waals surface area (Å²) >= 11 is 0. The summed E-state index contributed by atoms with van der Waals surface area (Å²) in [6.45, 7) is 0.242. The molecule has 5 heteroatoms. The molecule has 1 N–H and O–H groups in total. The van der Waals surface area contributed by atoms with Crippen LogP contribution in [0.2, 0.25) is 0 Å². The Labute approximate surface area is 122 Å². The lowest BCUT2D eigenvalue weighted by atomic mass is 10.2. The van der Waals surface area contributed by atoms with Crippen molar-refractivity contribution in [1.82, 2.24) is 9.55 Å². The van der Waals surface area contributed by atoms with Crippen molar-refractivity contribution in [2.24, 2.45) is 0 Å². The lowest BCUT2D eigenvalue weighted by Crippen LogP contribution is -2.18. The van der Waals surface area contributed by atoms with Gasteiger partial charge in [0.05, 0.1) is 7.11 Å². The van der Waals surface area contributed by atoms with E-state index in [-0.39, 0.29) is 12.5 Å². The number of hydrogen-bond acceptors (Lipinski definition) is 3. The second-order valence-corrected chi connectivity index (χ2v) is 4.63. The zero-order valence-electron chi connectivity index (χ0n) is 11.6. The van der Waals surface area contributed by atoms with Crippen molar-refractivity contribution in [2.75, 3.05) is 12.4 Å². The van der Waals surface area contributed by atoms with Gasteiger partial charge in [0.15, 0.2) is 0 Å². The molecule has 106 valence electrons. The van der Waals surface area contributed by atoms with Crippen LogP contribution in [-0.4, -0.2) is 22.6 Å². The minimum Gasteiger partial charge on any atom is -0.497 e. The van der Waals surface area contributed by atoms with E-state index in [1.807, 2.05) is 47.2 Å². The van der Waals surface area contributed by atoms with Crippen LogP contribution in [0.4, 0.5) is 5.82 Å². The molecule has 0 saturated carbocycles. The van der Waals surface area contributed by atoms with Crippen molar-refractivity contribution in [3.8, 4) is 5.75 Å². The Morgan fingerprint density at radius 3 is 2.95 bits per heavy atom. The third-order valence-electron chi connectivity index (χ3n) is 3.22. The Morgan fingerprint density at radius 1 is 1.29 bits per heavy atom. The quantitative estimate of drug-likeness (QED) is 0.800. The van der Waals surface area contributed by atoms with E-state index in [2.05, 4.69) is 10.3 Å². The highest BCUT2D eigenvalue weighted by Crippen LogP contribution is 2.21. The van der Waals surface area contributed by atoms with E-state index >= 15 is 0 Å². The van der Waals surface area contributed by atoms with E-state index in [4.69, 9.17) is 4.74 Å². The van der Waals surface area contributed by atoms with E-state index in [1.165, 1.54) is 0 Å². The minimum absolute atomic E-state index is 0.109. The van der Waals surface area contributed by atoms with Gasteiger partial charge in [0.25, 0.3) is 0 Å². The van der Waals surface area contributed by atoms with Crippen molar-refractivity contribution in [2.45, 2.75) is 6.54 Å². The van der Waals surface area contributed by atoms with Crippen LogP contribution in [0.25, 0.3) is 10.9 Å². The smallest absolute Gasteiger partial charge is 0.245 e. The van der Waals surface area contributed by atoms with Gasteiger partial charge in [-0.3, -0.25) is 4.79 Å². The van der Waals surface area contributed by atoms with Crippen molar-refractivity contribution in [1.29, 1.82) is 0 Å². The molecule has 5 nitrogen and oxygen atoms in total. The number of nitrogens with one attached hydrogen (secondary N) is 1. The van der Waals surface area contributed by atoms with Crippen LogP contribution in [0, 0.1) is 0 Å². The third-order valence-corrected chi connectivity index (χ3v) is 3.22. The maximum Gasteiger partial charge on any atom is 0.245 e. The number of pyridine rings is 1. The maximum absolute atomic E-state index is 12.0. The molecule has 0 saturated heterocycles. The van der Waals surface area contributed by atoms with Gasteiger partial charge in [-0.25, -0.2) is 4.98 Å². The van der Waals surface area contributed by atoms with Crippen molar-refractivity contribution < 1.29 is 9.53 Å². The second-order valence-electron chi connectivity index (χ2n) is 4.63. The van der Waals surface area contributed by atoms with Gasteiger partial charge in [0.1, 0.15) is 18.1 Å². The average molecular weight is 281 g/mol. The van der Waals surface area contributed by atoms with Crippen LogP contribution in [0.3, 0.4) is 0 Å². The standard InChI is InChI=1S/C16H15N3O2/c1-21-13-5-6-14-12(10-13)7-9-19(14)11-16(20)18-15-4-2-3-8-17-15/h2-10H,11H2,1H3,(H,17,18,20). The fourth-order valence-corrected chi connectivity index (χ4v) is 2.22. The molecule has 1 aromatic carbocycles. The van der Waals surface area contributed by atoms with Crippen LogP contribution in [0.1, 0.15) is 0 Å². The predicted octanol–water partition coefficient (Wildman–Crippen LogP) is 2.68. The summed E-state index contributed by atoms with van der Waals surface area (Å²) in [5.74, 6) is 1.25. The van der Waals surface area contributed by atoms with Crippen LogP contribution in [-0.2, 0) is 11.3 Å². The van der Waals surface area contributed by atoms with Crippen LogP contribution in [0.5, 0.6) is 5.75 Å². The van der Waals surface area contributed by atoms with Gasteiger partial charge in [-0.05, 0) is 36.4 Å². The number of ether oxygens (including phenoxy) is 1. The van der Waals surface area contributed by atoms with Crippen molar-refractivity contribution >= 4 is 22.6 Å². The first kappa shape index (κ1) is 13.2. The van der Waals surface area contributed by atoms with E-state index in [9.17, 15) is 4.79 Å². The SMILES string of the molecule is COc1ccc2c(ccn2CC(=O)Nc2ccccn2)c1. The summed E-state index contributed by atoms with van der Waals surface area (Å²) in [5.41, 5.74) is 0.993. The Kier molecular flexibility index (Phi) is 3.55. The van der Waals surface area contributed by atoms with Gasteiger partial charge in [-0.15, -0.1) is 0 Å². The summed E-state index contributed by atoms with van der Waals surface area (Å²) in [7, 11) is 1.64. The third kappa shape index (κ3) is 2.86. The largest absolute Gasteiger partial charge is 0.497 e. The highest BCUT2D eigenvalue weighted by molar-refractivity contribution is 5.91. The Hall–Kier alpha value is -2.82. The minimum atomic E-state index is -0.109. The Balaban J connectivity index is 1.77. The molecule has 0 bridgehead atoms. The summed E-state index contributed by atoms with van der Waals surface area (Å²) < 4.78 is 7.09. The number of fused-ring (bicyclic) bond motifs is 1. The molecular weight excluding hydrogens is 266 g/mol. The maximum atomic E-state index is 12.0. The molecule has 0 aliphatic carbocycles. The van der Waals surface area contributed by atoms with Gasteiger partial charge < -0.3 is 14.6 Å². The Morgan fingerprint density at radius 2 is 2.19 bits per heavy atom. The molecule has 3 aromatic rings. The van der Waals surface area contributed by atoms with E-state index in [0.29, 0.717) is 5.82 Å². The molecule has 3 rings (SSSR count). The number of rotatable bonds is 4. The summed E-state index contributed by atoms with van der Waals surface area (Å²) in [6, 6.07) is 13.1. The lowest BCUT2D eigenvalue weighted by molar-refractivity contribution is -0.116. The predicted molar refractivity (Wildman–Crippen MR) is 81.4 cm³/mol. The molecule has 0 aliphatic heterocycles. The van der Waals surface area contributed by atoms with E-state index < -0.39 is 0 Å². The number of methoxy groups -OCH3 is 1. The number of anilines is 1. The second kappa shape index (κ2) is 5.66. The molecule has 21 heavy (non-hydrogen) atoms. The Bertz CT molecular complexity index is 766. The monoisotopic (exact) mass is 281 g/mol. The fourth-order valence-electron chi connectivity index (χ4n) is 2.22. The average Bonchev–Trinajstić information content (AvgIpc) is 2.90. The number of aromatic nitrogens is 2. The molecule has 2 heterocycles. The number of nitrogens with zero attached hydrogens (tertiary/aromatic N) is 2. The molecule has 0 atom stereocenters. The van der Waals surface area contributed by atoms with Gasteiger partial charge in [0.2, 0.25) is 5.91 Å². The van der Waals surface area contributed by atoms with E-state index in [0.717, 1.165) is 16.7 Å². The number of hydrogen-bond donors (Lipinski definition) is 1. The first-order valence-corrected chi connectivity index (χ1v) is 6.60. The highest BCUT2D eigenvalue weighted by atomic mass is 16.5. The van der Waals surface area contributed by atoms with Gasteiger partial charge in [-0.1, -0.05) is 6.07 Å². The van der Waals surface area contributed by atoms with Gasteiger partial charge in [0, 0.05) is 23.3 Å².